The maximum Gasteiger partial charge on any atom is 0.331 e. The topological polar surface area (TPSA) is 301 Å². The molecule has 0 aromatic heterocycles. The second-order valence-electron chi connectivity index (χ2n) is 22.3. The van der Waals surface area contributed by atoms with Crippen LogP contribution in [0.15, 0.2) is 11.6 Å². The minimum Gasteiger partial charge on any atom is -0.458 e. The molecule has 21 heteroatoms. The molecule has 0 aromatic carbocycles. The Bertz CT molecular complexity index is 1840. The number of aliphatic hydroxyl groups excluding tert-OH is 8. The van der Waals surface area contributed by atoms with Crippen molar-refractivity contribution in [2.75, 3.05) is 34.0 Å². The maximum atomic E-state index is 12.7. The van der Waals surface area contributed by atoms with Crippen LogP contribution in [0.25, 0.3) is 0 Å². The van der Waals surface area contributed by atoms with E-state index in [2.05, 4.69) is 13.8 Å². The first kappa shape index (κ1) is 53.3. The number of hydrogen-bond acceptors (Lipinski definition) is 21. The Balaban J connectivity index is 0.777. The molecule has 9 N–H and O–H groups in total. The lowest BCUT2D eigenvalue weighted by Gasteiger charge is -2.64. The predicted octanol–water partition coefficient (Wildman–Crippen LogP) is -0.706. The highest BCUT2D eigenvalue weighted by Gasteiger charge is 2.68. The lowest BCUT2D eigenvalue weighted by molar-refractivity contribution is -0.374. The van der Waals surface area contributed by atoms with Crippen molar-refractivity contribution < 1.29 is 103 Å². The molecule has 0 unspecified atom stereocenters. The van der Waals surface area contributed by atoms with Crippen LogP contribution in [0.4, 0.5) is 0 Å². The van der Waals surface area contributed by atoms with Gasteiger partial charge in [-0.05, 0) is 106 Å². The van der Waals surface area contributed by atoms with Gasteiger partial charge in [0.2, 0.25) is 0 Å². The van der Waals surface area contributed by atoms with Crippen molar-refractivity contribution in [1.82, 2.24) is 0 Å². The normalized spacial score (nSPS) is 53.9. The summed E-state index contributed by atoms with van der Waals surface area (Å²) in [5, 5.41) is 97.0. The molecule has 0 amide bonds. The SMILES string of the molecule is CO[C@H]1[C@H](O)[C@@H](O[C@@H]2[C@@H](C)O[C@@H](O[C@H]3CC[C@@]4(C)[C@@H](CC[C@@H]5[C@@H]4CC[C@]4(C)[C@H](C6=CC(=O)OC6)CC[C@]54O)C3)C[C@H]2OC)O[C@@H](C)[C@@H]1O[C@H]1O[C@@H](CO[C@H]2O[C@@H](CO)[C@H](O)[C@@H](O)[C@@H]2O)[C@H](O)[C@@H](O)[C@@H]1O. The third-order valence-electron chi connectivity index (χ3n) is 18.8. The van der Waals surface area contributed by atoms with Crippen molar-refractivity contribution in [3.8, 4) is 0 Å². The van der Waals surface area contributed by atoms with Gasteiger partial charge in [-0.25, -0.2) is 4.79 Å². The van der Waals surface area contributed by atoms with Crippen LogP contribution in [0.3, 0.4) is 0 Å². The van der Waals surface area contributed by atoms with Gasteiger partial charge in [0.1, 0.15) is 79.9 Å². The third kappa shape index (κ3) is 9.35. The minimum absolute atomic E-state index is 0.0218. The van der Waals surface area contributed by atoms with Gasteiger partial charge in [-0.2, -0.15) is 0 Å². The number of methoxy groups -OCH3 is 2. The van der Waals surface area contributed by atoms with E-state index in [-0.39, 0.29) is 34.7 Å². The lowest BCUT2D eigenvalue weighted by Crippen LogP contribution is -2.65. The Kier molecular flexibility index (Phi) is 15.9. The van der Waals surface area contributed by atoms with Gasteiger partial charge in [-0.3, -0.25) is 0 Å². The smallest absolute Gasteiger partial charge is 0.331 e. The molecule has 0 radical (unpaired) electrons. The van der Waals surface area contributed by atoms with E-state index in [0.29, 0.717) is 24.9 Å². The van der Waals surface area contributed by atoms with E-state index < -0.39 is 136 Å². The van der Waals surface area contributed by atoms with E-state index in [1.807, 2.05) is 6.92 Å². The van der Waals surface area contributed by atoms with Gasteiger partial charge in [-0.1, -0.05) is 13.8 Å². The van der Waals surface area contributed by atoms with Gasteiger partial charge in [0.15, 0.2) is 25.2 Å². The lowest BCUT2D eigenvalue weighted by atomic mass is 9.43. The summed E-state index contributed by atoms with van der Waals surface area (Å²) in [4.78, 5) is 12.0. The summed E-state index contributed by atoms with van der Waals surface area (Å²) < 4.78 is 65.7. The first-order valence-electron chi connectivity index (χ1n) is 25.5. The highest BCUT2D eigenvalue weighted by Crippen LogP contribution is 2.70. The molecule has 0 spiro atoms. The fourth-order valence-electron chi connectivity index (χ4n) is 14.7. The summed E-state index contributed by atoms with van der Waals surface area (Å²) in [5.41, 5.74) is 0.0579. The number of rotatable bonds is 13. The molecule has 27 atom stereocenters. The fraction of sp³-hybridized carbons (Fsp3) is 0.939. The van der Waals surface area contributed by atoms with Crippen molar-refractivity contribution in [3.05, 3.63) is 11.6 Å². The number of aliphatic hydroxyl groups is 9. The Morgan fingerprint density at radius 3 is 2.01 bits per heavy atom. The number of cyclic esters (lactones) is 1. The number of ether oxygens (including phenoxy) is 11. The monoisotopic (exact) mass is 1000 g/mol. The zero-order valence-electron chi connectivity index (χ0n) is 41.1. The summed E-state index contributed by atoms with van der Waals surface area (Å²) in [5.74, 6) is 0.941. The van der Waals surface area contributed by atoms with Gasteiger partial charge in [0, 0.05) is 32.1 Å². The Morgan fingerprint density at radius 2 is 1.33 bits per heavy atom. The standard InChI is InChI=1S/C49H78O21/c1-21-41(69-46-40(58)43(61-6)42(22(2)65-46)70-45-39(57)37(55)35(53)31(68-45)20-63-44-38(56)36(54)34(52)30(18-50)67-44)29(60-5)17-33(64-21)66-25-9-12-47(3)24(16-25)7-8-28-27(47)10-13-48(4)26(11-14-49(28,48)59)23-15-32(51)62-19-23/h15,21-22,24-31,33-46,50,52-59H,7-14,16-20H2,1-6H3/t21-,22+,24+,25+,26+,27+,28-,29-,30+,31+,33+,34+,35+,36-,37-,38+,39+,40+,41-,42+,43+,44+,45-,46-,47+,48-,49+/m1/s1. The molecule has 8 fully saturated rings. The highest BCUT2D eigenvalue weighted by atomic mass is 16.8. The molecule has 400 valence electrons. The first-order valence-corrected chi connectivity index (χ1v) is 25.5. The average molecular weight is 1000 g/mol. The van der Waals surface area contributed by atoms with Crippen LogP contribution in [0, 0.1) is 34.5 Å². The van der Waals surface area contributed by atoms with E-state index in [9.17, 15) is 50.8 Å². The van der Waals surface area contributed by atoms with Crippen molar-refractivity contribution >= 4 is 5.97 Å². The Hall–Kier alpha value is -1.55. The summed E-state index contributed by atoms with van der Waals surface area (Å²) in [6, 6.07) is 0. The van der Waals surface area contributed by atoms with Crippen molar-refractivity contribution in [3.63, 3.8) is 0 Å². The predicted molar refractivity (Wildman–Crippen MR) is 238 cm³/mol. The maximum absolute atomic E-state index is 12.7. The first-order chi connectivity index (χ1) is 33.3. The second-order valence-corrected chi connectivity index (χ2v) is 22.3. The van der Waals surface area contributed by atoms with Crippen LogP contribution >= 0.6 is 0 Å². The number of carbonyl (C=O) groups excluding carboxylic acids is 1. The quantitative estimate of drug-likeness (QED) is 0.0814. The van der Waals surface area contributed by atoms with E-state index in [0.717, 1.165) is 63.4 Å². The molecule has 9 aliphatic rings. The van der Waals surface area contributed by atoms with E-state index in [1.54, 1.807) is 20.1 Å². The molecule has 9 rings (SSSR count). The molecule has 4 saturated carbocycles. The molecule has 4 aliphatic carbocycles. The third-order valence-corrected chi connectivity index (χ3v) is 18.8. The van der Waals surface area contributed by atoms with Crippen LogP contribution in [-0.4, -0.2) is 214 Å². The van der Waals surface area contributed by atoms with Crippen molar-refractivity contribution in [2.24, 2.45) is 34.5 Å². The minimum atomic E-state index is -1.80. The summed E-state index contributed by atoms with van der Waals surface area (Å²) in [6.45, 7) is 7.29. The van der Waals surface area contributed by atoms with Crippen LogP contribution in [-0.2, 0) is 56.9 Å². The largest absolute Gasteiger partial charge is 0.458 e. The van der Waals surface area contributed by atoms with Gasteiger partial charge in [0.05, 0.1) is 43.2 Å². The molecular weight excluding hydrogens is 925 g/mol. The zero-order valence-corrected chi connectivity index (χ0v) is 41.1. The molecule has 5 aliphatic heterocycles. The number of fused-ring (bicyclic) bond motifs is 5. The van der Waals surface area contributed by atoms with Crippen LogP contribution in [0.1, 0.15) is 91.9 Å². The van der Waals surface area contributed by atoms with Gasteiger partial charge in [0.25, 0.3) is 0 Å². The summed E-state index contributed by atoms with van der Waals surface area (Å²) in [7, 11) is 2.94. The highest BCUT2D eigenvalue weighted by molar-refractivity contribution is 5.85. The number of carbonyl (C=O) groups is 1. The van der Waals surface area contributed by atoms with Crippen LogP contribution < -0.4 is 0 Å². The molecular formula is C49H78O21. The van der Waals surface area contributed by atoms with E-state index in [1.165, 1.54) is 7.11 Å². The van der Waals surface area contributed by atoms with Crippen LogP contribution in [0.5, 0.6) is 0 Å². The average Bonchev–Trinajstić information content (AvgIpc) is 3.89. The molecule has 70 heavy (non-hydrogen) atoms. The van der Waals surface area contributed by atoms with Gasteiger partial charge < -0.3 is 98.1 Å². The van der Waals surface area contributed by atoms with Gasteiger partial charge >= 0.3 is 5.97 Å². The second kappa shape index (κ2) is 20.9. The van der Waals surface area contributed by atoms with E-state index in [4.69, 9.17) is 52.1 Å². The van der Waals surface area contributed by atoms with Gasteiger partial charge in [-0.15, -0.1) is 0 Å². The molecule has 4 saturated heterocycles. The molecule has 0 bridgehead atoms. The van der Waals surface area contributed by atoms with Crippen molar-refractivity contribution in [2.45, 2.75) is 220 Å². The Morgan fingerprint density at radius 1 is 0.657 bits per heavy atom. The summed E-state index contributed by atoms with van der Waals surface area (Å²) in [6.07, 6.45) is -13.9. The molecule has 5 heterocycles. The molecule has 21 nitrogen and oxygen atoms in total. The Labute approximate surface area is 408 Å². The number of esters is 1. The van der Waals surface area contributed by atoms with Crippen LogP contribution in [0.2, 0.25) is 0 Å². The fourth-order valence-corrected chi connectivity index (χ4v) is 14.7. The zero-order chi connectivity index (χ0) is 50.2. The summed E-state index contributed by atoms with van der Waals surface area (Å²) >= 11 is 0. The number of hydrogen-bond donors (Lipinski definition) is 9. The van der Waals surface area contributed by atoms with Crippen molar-refractivity contribution in [1.29, 1.82) is 0 Å². The molecule has 0 aromatic rings. The van der Waals surface area contributed by atoms with E-state index >= 15 is 0 Å².